The monoisotopic (exact) mass is 476 g/mol. The van der Waals surface area contributed by atoms with Crippen molar-refractivity contribution in [2.45, 2.75) is 38.0 Å². The number of nitrogens with zero attached hydrogens (tertiary/aromatic N) is 2. The number of rotatable bonds is 8. The Kier molecular flexibility index (Phi) is 6.48. The quantitative estimate of drug-likeness (QED) is 0.289. The van der Waals surface area contributed by atoms with Crippen molar-refractivity contribution in [2.24, 2.45) is 5.92 Å². The molecule has 6 nitrogen and oxygen atoms in total. The molecule has 2 aromatic carbocycles. The molecule has 3 fully saturated rings. The summed E-state index contributed by atoms with van der Waals surface area (Å²) in [5, 5.41) is 5.76. The molecule has 2 bridgehead atoms. The highest BCUT2D eigenvalue weighted by molar-refractivity contribution is 7.11. The fourth-order valence-electron chi connectivity index (χ4n) is 5.53. The van der Waals surface area contributed by atoms with Gasteiger partial charge in [0, 0.05) is 36.0 Å². The maximum absolute atomic E-state index is 13.5. The van der Waals surface area contributed by atoms with Crippen LogP contribution >= 0.6 is 11.3 Å². The first kappa shape index (κ1) is 22.7. The molecule has 0 radical (unpaired) electrons. The third kappa shape index (κ3) is 4.63. The van der Waals surface area contributed by atoms with E-state index in [1.54, 1.807) is 6.20 Å². The number of carbonyl (C=O) groups is 2. The van der Waals surface area contributed by atoms with Crippen LogP contribution in [0.25, 0.3) is 0 Å². The van der Waals surface area contributed by atoms with Crippen molar-refractivity contribution in [1.29, 1.82) is 0 Å². The van der Waals surface area contributed by atoms with E-state index in [1.165, 1.54) is 11.3 Å². The van der Waals surface area contributed by atoms with E-state index in [4.69, 9.17) is 4.74 Å². The number of quaternary nitrogens is 1. The Morgan fingerprint density at radius 1 is 1.15 bits per heavy atom. The van der Waals surface area contributed by atoms with Crippen LogP contribution in [0, 0.1) is 5.92 Å². The Labute approximate surface area is 204 Å². The lowest BCUT2D eigenvalue weighted by Crippen LogP contribution is -2.69. The Hall–Kier alpha value is -3.03. The molecule has 176 valence electrons. The van der Waals surface area contributed by atoms with Crippen LogP contribution in [0.15, 0.2) is 72.2 Å². The van der Waals surface area contributed by atoms with Crippen LogP contribution in [-0.4, -0.2) is 53.0 Å². The molecule has 1 N–H and O–H groups in total. The van der Waals surface area contributed by atoms with Gasteiger partial charge in [-0.25, -0.2) is 9.78 Å². The molecule has 0 saturated carbocycles. The van der Waals surface area contributed by atoms with Crippen molar-refractivity contribution in [1.82, 2.24) is 4.98 Å². The summed E-state index contributed by atoms with van der Waals surface area (Å²) in [4.78, 5) is 30.7. The predicted octanol–water partition coefficient (Wildman–Crippen LogP) is 4.72. The third-order valence-corrected chi connectivity index (χ3v) is 8.26. The third-order valence-electron chi connectivity index (χ3n) is 7.44. The summed E-state index contributed by atoms with van der Waals surface area (Å²) < 4.78 is 6.89. The number of Topliss-reactive ketones (excluding diaryl/α,β-unsaturated/α-hetero) is 1. The van der Waals surface area contributed by atoms with Crippen molar-refractivity contribution >= 4 is 28.8 Å². The van der Waals surface area contributed by atoms with Crippen molar-refractivity contribution in [3.05, 3.63) is 82.8 Å². The number of fused-ring (bicyclic) bond motifs is 3. The molecule has 3 aliphatic rings. The summed E-state index contributed by atoms with van der Waals surface area (Å²) in [6, 6.07) is 19.2. The van der Waals surface area contributed by atoms with E-state index in [0.29, 0.717) is 34.5 Å². The summed E-state index contributed by atoms with van der Waals surface area (Å²) in [7, 11) is 0. The molecular weight excluding hydrogens is 446 g/mol. The van der Waals surface area contributed by atoms with Crippen LogP contribution in [0.2, 0.25) is 0 Å². The maximum Gasteiger partial charge on any atom is 0.333 e. The first-order valence-electron chi connectivity index (χ1n) is 11.9. The zero-order valence-corrected chi connectivity index (χ0v) is 20.1. The second-order valence-electron chi connectivity index (χ2n) is 9.51. The van der Waals surface area contributed by atoms with E-state index < -0.39 is 6.04 Å². The lowest BCUT2D eigenvalue weighted by atomic mass is 9.78. The Morgan fingerprint density at radius 3 is 2.56 bits per heavy atom. The molecule has 0 aliphatic carbocycles. The van der Waals surface area contributed by atoms with E-state index in [1.807, 2.05) is 66.0 Å². The number of nitrogens with one attached hydrogen (secondary N) is 1. The van der Waals surface area contributed by atoms with E-state index in [9.17, 15) is 9.59 Å². The highest BCUT2D eigenvalue weighted by Gasteiger charge is 2.53. The zero-order chi connectivity index (χ0) is 23.5. The minimum atomic E-state index is -0.595. The summed E-state index contributed by atoms with van der Waals surface area (Å²) in [6.07, 6.45) is 3.42. The van der Waals surface area contributed by atoms with Crippen LogP contribution in [-0.2, 0) is 9.53 Å². The van der Waals surface area contributed by atoms with Crippen LogP contribution < -0.4 is 5.32 Å². The number of aromatic nitrogens is 1. The number of esters is 1. The first-order valence-corrected chi connectivity index (χ1v) is 12.8. The number of ether oxygens (including phenoxy) is 1. The topological polar surface area (TPSA) is 68.3 Å². The second kappa shape index (κ2) is 9.68. The fourth-order valence-corrected chi connectivity index (χ4v) is 6.10. The van der Waals surface area contributed by atoms with Gasteiger partial charge in [-0.3, -0.25) is 4.79 Å². The number of ketones is 1. The highest BCUT2D eigenvalue weighted by Crippen LogP contribution is 2.40. The molecule has 5 atom stereocenters. The van der Waals surface area contributed by atoms with Gasteiger partial charge in [-0.05, 0) is 24.6 Å². The van der Waals surface area contributed by atoms with Crippen molar-refractivity contribution in [3.8, 4) is 0 Å². The fraction of sp³-hybridized carbons (Fsp3) is 0.370. The highest BCUT2D eigenvalue weighted by atomic mass is 32.1. The Bertz CT molecular complexity index is 1120. The predicted molar refractivity (Wildman–Crippen MR) is 133 cm³/mol. The van der Waals surface area contributed by atoms with E-state index in [0.717, 1.165) is 30.6 Å². The number of benzene rings is 2. The Morgan fingerprint density at radius 2 is 1.88 bits per heavy atom. The van der Waals surface area contributed by atoms with Crippen molar-refractivity contribution in [2.75, 3.05) is 25.0 Å². The molecule has 1 aromatic heterocycles. The average molecular weight is 477 g/mol. The lowest BCUT2D eigenvalue weighted by molar-refractivity contribution is -0.960. The minimum absolute atomic E-state index is 0.0835. The van der Waals surface area contributed by atoms with E-state index in [2.05, 4.69) is 17.2 Å². The van der Waals surface area contributed by atoms with Gasteiger partial charge in [-0.2, -0.15) is 0 Å². The molecule has 0 amide bonds. The molecule has 3 aromatic rings. The molecule has 4 heterocycles. The number of hydrogen-bond acceptors (Lipinski definition) is 6. The SMILES string of the molecule is CC1CC2CC[N+]1(CC(=O)c1nccs1)CC2OC(=O)C(Nc1ccccc1)c1ccccc1. The normalized spacial score (nSPS) is 26.6. The standard InChI is InChI=1S/C27H30N3O3S/c1-19-16-21-12-14-30(19,17-23(31)26-28-13-15-34-26)18-24(21)33-27(32)25(20-8-4-2-5-9-20)29-22-10-6-3-7-11-22/h2-11,13,15,19,21,24-25,29H,12,14,16-18H2,1H3/q+1. The second-order valence-corrected chi connectivity index (χ2v) is 10.4. The number of para-hydroxylation sites is 1. The van der Waals surface area contributed by atoms with Gasteiger partial charge < -0.3 is 14.5 Å². The number of carbonyl (C=O) groups excluding carboxylic acids is 2. The molecule has 3 saturated heterocycles. The molecule has 7 heteroatoms. The molecule has 34 heavy (non-hydrogen) atoms. The van der Waals surface area contributed by atoms with Crippen LogP contribution in [0.3, 0.4) is 0 Å². The smallest absolute Gasteiger partial charge is 0.333 e. The molecular formula is C27H30N3O3S+. The van der Waals surface area contributed by atoms with Gasteiger partial charge in [0.2, 0.25) is 5.78 Å². The largest absolute Gasteiger partial charge is 0.454 e. The molecule has 5 unspecified atom stereocenters. The van der Waals surface area contributed by atoms with Gasteiger partial charge in [0.05, 0.1) is 12.6 Å². The minimum Gasteiger partial charge on any atom is -0.454 e. The van der Waals surface area contributed by atoms with Gasteiger partial charge in [-0.15, -0.1) is 11.3 Å². The van der Waals surface area contributed by atoms with Crippen molar-refractivity contribution in [3.63, 3.8) is 0 Å². The van der Waals surface area contributed by atoms with Gasteiger partial charge in [-0.1, -0.05) is 48.5 Å². The lowest BCUT2D eigenvalue weighted by Gasteiger charge is -2.55. The molecule has 6 rings (SSSR count). The molecule has 0 spiro atoms. The number of piperidine rings is 3. The van der Waals surface area contributed by atoms with E-state index in [-0.39, 0.29) is 17.9 Å². The van der Waals surface area contributed by atoms with Gasteiger partial charge in [0.1, 0.15) is 13.1 Å². The van der Waals surface area contributed by atoms with Gasteiger partial charge >= 0.3 is 5.97 Å². The zero-order valence-electron chi connectivity index (χ0n) is 19.3. The first-order chi connectivity index (χ1) is 16.5. The van der Waals surface area contributed by atoms with Crippen LogP contribution in [0.4, 0.5) is 5.69 Å². The maximum atomic E-state index is 13.5. The molecule has 3 aliphatic heterocycles. The van der Waals surface area contributed by atoms with E-state index >= 15 is 0 Å². The summed E-state index contributed by atoms with van der Waals surface area (Å²) in [5.41, 5.74) is 1.74. The number of hydrogen-bond donors (Lipinski definition) is 1. The summed E-state index contributed by atoms with van der Waals surface area (Å²) in [5.74, 6) is 0.146. The summed E-state index contributed by atoms with van der Waals surface area (Å²) in [6.45, 7) is 4.27. The number of thiazole rings is 1. The van der Waals surface area contributed by atoms with Crippen LogP contribution in [0.1, 0.15) is 41.2 Å². The average Bonchev–Trinajstić information content (AvgIpc) is 3.40. The Balaban J connectivity index is 1.34. The van der Waals surface area contributed by atoms with Crippen LogP contribution in [0.5, 0.6) is 0 Å². The van der Waals surface area contributed by atoms with Gasteiger partial charge in [0.15, 0.2) is 17.2 Å². The van der Waals surface area contributed by atoms with Gasteiger partial charge in [0.25, 0.3) is 0 Å². The van der Waals surface area contributed by atoms with Crippen molar-refractivity contribution < 1.29 is 18.8 Å². The summed E-state index contributed by atoms with van der Waals surface area (Å²) >= 11 is 1.39. The number of anilines is 1.